The molecular formula is C25H31NO5. The van der Waals surface area contributed by atoms with Crippen LogP contribution in [0.25, 0.3) is 0 Å². The lowest BCUT2D eigenvalue weighted by Gasteiger charge is -2.29. The Bertz CT molecular complexity index is 880. The van der Waals surface area contributed by atoms with E-state index in [1.54, 1.807) is 0 Å². The van der Waals surface area contributed by atoms with Crippen LogP contribution in [0.2, 0.25) is 0 Å². The molecule has 0 saturated carbocycles. The molecule has 3 rings (SSSR count). The average molecular weight is 426 g/mol. The number of rotatable bonds is 11. The van der Waals surface area contributed by atoms with Crippen LogP contribution in [0, 0.1) is 0 Å². The highest BCUT2D eigenvalue weighted by molar-refractivity contribution is 5.71. The van der Waals surface area contributed by atoms with Crippen molar-refractivity contribution in [2.75, 3.05) is 13.2 Å². The molecule has 1 fully saturated rings. The highest BCUT2D eigenvalue weighted by Crippen LogP contribution is 2.32. The Kier molecular flexibility index (Phi) is 7.55. The third-order valence-electron chi connectivity index (χ3n) is 5.60. The topological polar surface area (TPSA) is 76.1 Å². The van der Waals surface area contributed by atoms with E-state index in [2.05, 4.69) is 12.1 Å². The molecule has 6 nitrogen and oxygen atoms in total. The van der Waals surface area contributed by atoms with Gasteiger partial charge in [0.15, 0.2) is 0 Å². The number of carbonyl (C=O) groups excluding carboxylic acids is 1. The van der Waals surface area contributed by atoms with Crippen LogP contribution in [-0.4, -0.2) is 46.9 Å². The van der Waals surface area contributed by atoms with E-state index in [-0.39, 0.29) is 18.6 Å². The van der Waals surface area contributed by atoms with Gasteiger partial charge in [-0.3, -0.25) is 4.79 Å². The normalized spacial score (nSPS) is 17.4. The summed E-state index contributed by atoms with van der Waals surface area (Å²) in [6.45, 7) is 4.96. The molecule has 6 heteroatoms. The first-order valence-corrected chi connectivity index (χ1v) is 10.8. The van der Waals surface area contributed by atoms with Gasteiger partial charge in [0.05, 0.1) is 12.6 Å². The highest BCUT2D eigenvalue weighted by atomic mass is 16.6. The average Bonchev–Trinajstić information content (AvgIpc) is 2.94. The Labute approximate surface area is 183 Å². The fourth-order valence-electron chi connectivity index (χ4n) is 3.95. The van der Waals surface area contributed by atoms with Crippen molar-refractivity contribution < 1.29 is 24.2 Å². The molecule has 1 aliphatic heterocycles. The Morgan fingerprint density at radius 3 is 2.58 bits per heavy atom. The summed E-state index contributed by atoms with van der Waals surface area (Å²) >= 11 is 0. The van der Waals surface area contributed by atoms with Crippen LogP contribution >= 0.6 is 0 Å². The summed E-state index contributed by atoms with van der Waals surface area (Å²) in [7, 11) is 0. The maximum atomic E-state index is 12.5. The quantitative estimate of drug-likeness (QED) is 0.528. The van der Waals surface area contributed by atoms with E-state index in [0.29, 0.717) is 19.6 Å². The predicted molar refractivity (Wildman–Crippen MR) is 118 cm³/mol. The monoisotopic (exact) mass is 425 g/mol. The van der Waals surface area contributed by atoms with Crippen LogP contribution < -0.4 is 4.74 Å². The van der Waals surface area contributed by atoms with Crippen LogP contribution in [0.4, 0.5) is 4.79 Å². The van der Waals surface area contributed by atoms with E-state index < -0.39 is 11.6 Å². The van der Waals surface area contributed by atoms with Gasteiger partial charge < -0.3 is 19.5 Å². The van der Waals surface area contributed by atoms with Crippen molar-refractivity contribution in [3.05, 3.63) is 65.7 Å². The minimum absolute atomic E-state index is 0.00805. The van der Waals surface area contributed by atoms with E-state index in [0.717, 1.165) is 30.6 Å². The van der Waals surface area contributed by atoms with Gasteiger partial charge in [-0.1, -0.05) is 42.5 Å². The minimum atomic E-state index is -0.813. The molecule has 1 atom stereocenters. The van der Waals surface area contributed by atoms with E-state index in [4.69, 9.17) is 14.6 Å². The van der Waals surface area contributed by atoms with Gasteiger partial charge in [0, 0.05) is 13.0 Å². The number of benzene rings is 2. The second-order valence-corrected chi connectivity index (χ2v) is 8.47. The van der Waals surface area contributed by atoms with Gasteiger partial charge in [-0.25, -0.2) is 4.79 Å². The molecule has 0 spiro atoms. The Morgan fingerprint density at radius 1 is 1.10 bits per heavy atom. The zero-order chi connectivity index (χ0) is 22.3. The summed E-state index contributed by atoms with van der Waals surface area (Å²) in [5.74, 6) is -0.0712. The first-order chi connectivity index (χ1) is 14.8. The zero-order valence-electron chi connectivity index (χ0n) is 18.3. The Morgan fingerprint density at radius 2 is 1.84 bits per heavy atom. The van der Waals surface area contributed by atoms with Gasteiger partial charge >= 0.3 is 12.1 Å². The van der Waals surface area contributed by atoms with Gasteiger partial charge in [0.25, 0.3) is 0 Å². The third kappa shape index (κ3) is 6.48. The van der Waals surface area contributed by atoms with Crippen LogP contribution in [0.3, 0.4) is 0 Å². The number of hydrogen-bond acceptors (Lipinski definition) is 4. The SMILES string of the molecule is CC1(C)OC(=O)N(CCCc2cccc(OCCCC(=O)O)c2)C1Cc1ccccc1. The molecule has 2 aromatic carbocycles. The van der Waals surface area contributed by atoms with Gasteiger partial charge in [0.1, 0.15) is 11.4 Å². The molecule has 166 valence electrons. The van der Waals surface area contributed by atoms with Crippen molar-refractivity contribution in [3.63, 3.8) is 0 Å². The molecule has 0 bridgehead atoms. The van der Waals surface area contributed by atoms with Crippen LogP contribution in [-0.2, 0) is 22.4 Å². The third-order valence-corrected chi connectivity index (χ3v) is 5.60. The number of carbonyl (C=O) groups is 2. The highest BCUT2D eigenvalue weighted by Gasteiger charge is 2.47. The fourth-order valence-corrected chi connectivity index (χ4v) is 3.95. The molecule has 31 heavy (non-hydrogen) atoms. The van der Waals surface area contributed by atoms with Crippen LogP contribution in [0.15, 0.2) is 54.6 Å². The second-order valence-electron chi connectivity index (χ2n) is 8.47. The summed E-state index contributed by atoms with van der Waals surface area (Å²) in [6.07, 6.45) is 2.73. The molecule has 1 aliphatic rings. The maximum absolute atomic E-state index is 12.5. The first kappa shape index (κ1) is 22.7. The summed E-state index contributed by atoms with van der Waals surface area (Å²) in [4.78, 5) is 25.0. The number of ether oxygens (including phenoxy) is 2. The van der Waals surface area contributed by atoms with Crippen molar-refractivity contribution >= 4 is 12.1 Å². The lowest BCUT2D eigenvalue weighted by Crippen LogP contribution is -2.43. The molecule has 0 aromatic heterocycles. The molecule has 1 unspecified atom stereocenters. The molecular weight excluding hydrogens is 394 g/mol. The molecule has 0 aliphatic carbocycles. The Hall–Kier alpha value is -3.02. The number of amides is 1. The number of hydrogen-bond donors (Lipinski definition) is 1. The molecule has 1 N–H and O–H groups in total. The Balaban J connectivity index is 1.54. The number of carboxylic acids is 1. The van der Waals surface area contributed by atoms with Gasteiger partial charge in [0.2, 0.25) is 0 Å². The molecule has 1 saturated heterocycles. The summed E-state index contributed by atoms with van der Waals surface area (Å²) in [6, 6.07) is 18.0. The number of carboxylic acid groups (broad SMARTS) is 1. The first-order valence-electron chi connectivity index (χ1n) is 10.8. The molecule has 2 aromatic rings. The van der Waals surface area contributed by atoms with Crippen molar-refractivity contribution in [2.45, 2.75) is 57.6 Å². The van der Waals surface area contributed by atoms with Crippen molar-refractivity contribution in [1.82, 2.24) is 4.90 Å². The van der Waals surface area contributed by atoms with Crippen molar-refractivity contribution in [3.8, 4) is 5.75 Å². The minimum Gasteiger partial charge on any atom is -0.494 e. The summed E-state index contributed by atoms with van der Waals surface area (Å²) in [5, 5.41) is 8.70. The second kappa shape index (κ2) is 10.3. The summed E-state index contributed by atoms with van der Waals surface area (Å²) in [5.41, 5.74) is 1.79. The van der Waals surface area contributed by atoms with E-state index in [1.807, 2.05) is 61.2 Å². The molecule has 1 amide bonds. The van der Waals surface area contributed by atoms with E-state index in [9.17, 15) is 9.59 Å². The predicted octanol–water partition coefficient (Wildman–Crippen LogP) is 4.70. The number of aryl methyl sites for hydroxylation is 1. The standard InChI is InChI=1S/C25H31NO5/c1-25(2)22(18-20-9-4-3-5-10-20)26(24(29)31-25)15-7-12-19-11-6-13-21(17-19)30-16-8-14-23(27)28/h3-6,9-11,13,17,22H,7-8,12,14-16,18H2,1-2H3,(H,27,28). The van der Waals surface area contributed by atoms with Gasteiger partial charge in [-0.15, -0.1) is 0 Å². The van der Waals surface area contributed by atoms with Crippen LogP contribution in [0.1, 0.15) is 44.2 Å². The maximum Gasteiger partial charge on any atom is 0.410 e. The number of aliphatic carboxylic acids is 1. The van der Waals surface area contributed by atoms with Crippen LogP contribution in [0.5, 0.6) is 5.75 Å². The molecule has 0 radical (unpaired) electrons. The molecule has 1 heterocycles. The van der Waals surface area contributed by atoms with E-state index in [1.165, 1.54) is 5.56 Å². The number of nitrogens with zero attached hydrogens (tertiary/aromatic N) is 1. The van der Waals surface area contributed by atoms with Crippen molar-refractivity contribution in [2.24, 2.45) is 0 Å². The van der Waals surface area contributed by atoms with Gasteiger partial charge in [-0.05, 0) is 62.8 Å². The van der Waals surface area contributed by atoms with E-state index >= 15 is 0 Å². The lowest BCUT2D eigenvalue weighted by molar-refractivity contribution is -0.137. The lowest BCUT2D eigenvalue weighted by atomic mass is 9.92. The zero-order valence-corrected chi connectivity index (χ0v) is 18.3. The summed E-state index contributed by atoms with van der Waals surface area (Å²) < 4.78 is 11.3. The van der Waals surface area contributed by atoms with Gasteiger partial charge in [-0.2, -0.15) is 0 Å². The number of cyclic esters (lactones) is 1. The van der Waals surface area contributed by atoms with Crippen molar-refractivity contribution in [1.29, 1.82) is 0 Å². The largest absolute Gasteiger partial charge is 0.494 e. The fraction of sp³-hybridized carbons (Fsp3) is 0.440. The smallest absolute Gasteiger partial charge is 0.410 e.